The topological polar surface area (TPSA) is 105 Å². The van der Waals surface area contributed by atoms with Gasteiger partial charge in [-0.05, 0) is 6.92 Å². The maximum Gasteiger partial charge on any atom is 0.329 e. The van der Waals surface area contributed by atoms with Gasteiger partial charge in [-0.15, -0.1) is 5.10 Å². The molecule has 0 aliphatic heterocycles. The normalized spacial score (nSPS) is 12.1. The fraction of sp³-hybridized carbons (Fsp3) is 0.231. The summed E-state index contributed by atoms with van der Waals surface area (Å²) >= 11 is 0. The van der Waals surface area contributed by atoms with Crippen molar-refractivity contribution in [3.63, 3.8) is 0 Å². The molecular weight excluding hydrogens is 262 g/mol. The van der Waals surface area contributed by atoms with Crippen molar-refractivity contribution in [2.24, 2.45) is 0 Å². The zero-order valence-electron chi connectivity index (χ0n) is 10.7. The average Bonchev–Trinajstić information content (AvgIpc) is 2.85. The summed E-state index contributed by atoms with van der Waals surface area (Å²) in [7, 11) is 0. The number of carbonyl (C=O) groups is 2. The lowest BCUT2D eigenvalue weighted by Crippen LogP contribution is -2.22. The van der Waals surface area contributed by atoms with Gasteiger partial charge in [0.05, 0.1) is 12.6 Å². The van der Waals surface area contributed by atoms with E-state index in [9.17, 15) is 9.59 Å². The van der Waals surface area contributed by atoms with E-state index in [2.05, 4.69) is 10.3 Å². The van der Waals surface area contributed by atoms with Gasteiger partial charge in [0, 0.05) is 5.56 Å². The number of hydrogen-bond acceptors (Lipinski definition) is 4. The molecule has 1 aromatic heterocycles. The molecule has 2 rings (SSSR count). The monoisotopic (exact) mass is 275 g/mol. The molecule has 0 aliphatic carbocycles. The van der Waals surface area contributed by atoms with E-state index in [1.165, 1.54) is 6.20 Å². The van der Waals surface area contributed by atoms with E-state index < -0.39 is 24.4 Å². The third kappa shape index (κ3) is 3.00. The van der Waals surface area contributed by atoms with Crippen molar-refractivity contribution in [3.8, 4) is 11.3 Å². The number of benzene rings is 1. The van der Waals surface area contributed by atoms with Crippen LogP contribution in [0.5, 0.6) is 0 Å². The molecule has 0 fully saturated rings. The summed E-state index contributed by atoms with van der Waals surface area (Å²) < 4.78 is 1.06. The zero-order chi connectivity index (χ0) is 14.7. The van der Waals surface area contributed by atoms with Gasteiger partial charge in [-0.1, -0.05) is 35.0 Å². The second-order valence-corrected chi connectivity index (χ2v) is 4.40. The Morgan fingerprint density at radius 2 is 1.90 bits per heavy atom. The zero-order valence-corrected chi connectivity index (χ0v) is 10.7. The maximum absolute atomic E-state index is 11.1. The molecule has 0 spiro atoms. The van der Waals surface area contributed by atoms with Crippen molar-refractivity contribution < 1.29 is 19.8 Å². The van der Waals surface area contributed by atoms with Crippen LogP contribution in [0.1, 0.15) is 18.0 Å². The molecule has 1 atom stereocenters. The minimum absolute atomic E-state index is 0.502. The summed E-state index contributed by atoms with van der Waals surface area (Å²) in [6.07, 6.45) is 0.887. The van der Waals surface area contributed by atoms with Crippen LogP contribution in [0.4, 0.5) is 0 Å². The summed E-state index contributed by atoms with van der Waals surface area (Å²) in [6, 6.07) is 6.23. The molecule has 0 bridgehead atoms. The van der Waals surface area contributed by atoms with E-state index in [0.29, 0.717) is 5.69 Å². The molecule has 7 heteroatoms. The van der Waals surface area contributed by atoms with Crippen molar-refractivity contribution >= 4 is 11.9 Å². The van der Waals surface area contributed by atoms with Gasteiger partial charge in [0.15, 0.2) is 6.04 Å². The molecule has 20 heavy (non-hydrogen) atoms. The van der Waals surface area contributed by atoms with Gasteiger partial charge in [-0.25, -0.2) is 9.48 Å². The summed E-state index contributed by atoms with van der Waals surface area (Å²) in [5, 5.41) is 25.4. The SMILES string of the molecule is Cc1ccc(-c2cn(C(CC(=O)O)C(=O)O)nn2)cc1. The van der Waals surface area contributed by atoms with Gasteiger partial charge in [0.25, 0.3) is 0 Å². The minimum atomic E-state index is -1.26. The quantitative estimate of drug-likeness (QED) is 0.853. The molecule has 0 saturated heterocycles. The molecule has 1 unspecified atom stereocenters. The van der Waals surface area contributed by atoms with Gasteiger partial charge in [-0.2, -0.15) is 0 Å². The van der Waals surface area contributed by atoms with E-state index in [-0.39, 0.29) is 0 Å². The number of aliphatic carboxylic acids is 2. The maximum atomic E-state index is 11.1. The van der Waals surface area contributed by atoms with Crippen LogP contribution >= 0.6 is 0 Å². The van der Waals surface area contributed by atoms with Crippen molar-refractivity contribution in [3.05, 3.63) is 36.0 Å². The second-order valence-electron chi connectivity index (χ2n) is 4.40. The highest BCUT2D eigenvalue weighted by atomic mass is 16.4. The first-order valence-corrected chi connectivity index (χ1v) is 5.91. The molecule has 1 aromatic carbocycles. The highest BCUT2D eigenvalue weighted by Gasteiger charge is 2.24. The lowest BCUT2D eigenvalue weighted by atomic mass is 10.1. The van der Waals surface area contributed by atoms with Crippen molar-refractivity contribution in [2.75, 3.05) is 0 Å². The van der Waals surface area contributed by atoms with Crippen LogP contribution in [0.3, 0.4) is 0 Å². The van der Waals surface area contributed by atoms with E-state index >= 15 is 0 Å². The fourth-order valence-electron chi connectivity index (χ4n) is 1.75. The fourth-order valence-corrected chi connectivity index (χ4v) is 1.75. The number of aryl methyl sites for hydroxylation is 1. The Kier molecular flexibility index (Phi) is 3.79. The number of nitrogens with zero attached hydrogens (tertiary/aromatic N) is 3. The molecule has 7 nitrogen and oxygen atoms in total. The Balaban J connectivity index is 2.29. The average molecular weight is 275 g/mol. The predicted octanol–water partition coefficient (Wildman–Crippen LogP) is 1.35. The molecule has 1 heterocycles. The Morgan fingerprint density at radius 1 is 1.25 bits per heavy atom. The summed E-state index contributed by atoms with van der Waals surface area (Å²) in [6.45, 7) is 1.95. The lowest BCUT2D eigenvalue weighted by Gasteiger charge is -2.08. The van der Waals surface area contributed by atoms with E-state index in [4.69, 9.17) is 10.2 Å². The standard InChI is InChI=1S/C13H13N3O4/c1-8-2-4-9(5-3-8)10-7-16(15-14-10)11(13(19)20)6-12(17)18/h2-5,7,11H,6H2,1H3,(H,17,18)(H,19,20). The Hall–Kier alpha value is -2.70. The van der Waals surface area contributed by atoms with Crippen LogP contribution in [0.2, 0.25) is 0 Å². The van der Waals surface area contributed by atoms with E-state index in [0.717, 1.165) is 15.8 Å². The number of carboxylic acids is 2. The number of aromatic nitrogens is 3. The molecule has 0 saturated carbocycles. The predicted molar refractivity (Wildman–Crippen MR) is 69.1 cm³/mol. The third-order valence-electron chi connectivity index (χ3n) is 2.83. The minimum Gasteiger partial charge on any atom is -0.481 e. The van der Waals surface area contributed by atoms with Crippen molar-refractivity contribution in [2.45, 2.75) is 19.4 Å². The van der Waals surface area contributed by atoms with Gasteiger partial charge in [0.1, 0.15) is 5.69 Å². The van der Waals surface area contributed by atoms with E-state index in [1.54, 1.807) is 0 Å². The van der Waals surface area contributed by atoms with Gasteiger partial charge in [0.2, 0.25) is 0 Å². The van der Waals surface area contributed by atoms with Gasteiger partial charge < -0.3 is 10.2 Å². The number of rotatable bonds is 5. The Morgan fingerprint density at radius 3 is 2.45 bits per heavy atom. The highest BCUT2D eigenvalue weighted by molar-refractivity contribution is 5.79. The second kappa shape index (κ2) is 5.52. The summed E-state index contributed by atoms with van der Waals surface area (Å²) in [5.74, 6) is -2.46. The summed E-state index contributed by atoms with van der Waals surface area (Å²) in [5.41, 5.74) is 2.39. The molecular formula is C13H13N3O4. The molecule has 0 amide bonds. The molecule has 2 aromatic rings. The number of carboxylic acid groups (broad SMARTS) is 2. The van der Waals surface area contributed by atoms with Crippen LogP contribution in [0.25, 0.3) is 11.3 Å². The Labute approximate surface area is 114 Å². The van der Waals surface area contributed by atoms with Crippen LogP contribution in [0.15, 0.2) is 30.5 Å². The lowest BCUT2D eigenvalue weighted by molar-refractivity contribution is -0.147. The molecule has 2 N–H and O–H groups in total. The summed E-state index contributed by atoms with van der Waals surface area (Å²) in [4.78, 5) is 21.8. The molecule has 0 radical (unpaired) electrons. The third-order valence-corrected chi connectivity index (χ3v) is 2.83. The van der Waals surface area contributed by atoms with Crippen LogP contribution in [-0.4, -0.2) is 37.1 Å². The van der Waals surface area contributed by atoms with Crippen LogP contribution in [-0.2, 0) is 9.59 Å². The number of hydrogen-bond donors (Lipinski definition) is 2. The first-order valence-electron chi connectivity index (χ1n) is 5.91. The Bertz CT molecular complexity index is 633. The van der Waals surface area contributed by atoms with Crippen molar-refractivity contribution in [1.29, 1.82) is 0 Å². The first kappa shape index (κ1) is 13.7. The largest absolute Gasteiger partial charge is 0.481 e. The van der Waals surface area contributed by atoms with Gasteiger partial charge in [-0.3, -0.25) is 4.79 Å². The first-order chi connectivity index (χ1) is 9.47. The van der Waals surface area contributed by atoms with Gasteiger partial charge >= 0.3 is 11.9 Å². The molecule has 0 aliphatic rings. The van der Waals surface area contributed by atoms with Crippen LogP contribution in [0, 0.1) is 6.92 Å². The molecule has 104 valence electrons. The van der Waals surface area contributed by atoms with Crippen LogP contribution < -0.4 is 0 Å². The van der Waals surface area contributed by atoms with E-state index in [1.807, 2.05) is 31.2 Å². The highest BCUT2D eigenvalue weighted by Crippen LogP contribution is 2.19. The smallest absolute Gasteiger partial charge is 0.329 e. The van der Waals surface area contributed by atoms with Crippen molar-refractivity contribution in [1.82, 2.24) is 15.0 Å².